The Bertz CT molecular complexity index is 1220. The Hall–Kier alpha value is -2.64. The molecule has 0 saturated heterocycles. The summed E-state index contributed by atoms with van der Waals surface area (Å²) >= 11 is 0. The Morgan fingerprint density at radius 2 is 1.75 bits per heavy atom. The van der Waals surface area contributed by atoms with Crippen molar-refractivity contribution in [2.45, 2.75) is 50.7 Å². The molecular weight excluding hydrogens is 512 g/mol. The van der Waals surface area contributed by atoms with E-state index < -0.39 is 51.2 Å². The highest BCUT2D eigenvalue weighted by atomic mass is 32.2. The second kappa shape index (κ2) is 10.4. The van der Waals surface area contributed by atoms with Crippen LogP contribution in [-0.4, -0.2) is 38.5 Å². The van der Waals surface area contributed by atoms with Gasteiger partial charge in [0.1, 0.15) is 4.91 Å². The number of hydrogen-bond donors (Lipinski definition) is 4. The minimum absolute atomic E-state index is 0.143. The van der Waals surface area contributed by atoms with Crippen LogP contribution in [0, 0.1) is 11.3 Å². The summed E-state index contributed by atoms with van der Waals surface area (Å²) in [5.41, 5.74) is -0.710. The molecular formula is C23H25F6N3O3S. The first kappa shape index (κ1) is 27.9. The molecule has 6 nitrogen and oxygen atoms in total. The van der Waals surface area contributed by atoms with Crippen molar-refractivity contribution >= 4 is 15.7 Å². The summed E-state index contributed by atoms with van der Waals surface area (Å²) in [6.07, 6.45) is -4.22. The smallest absolute Gasteiger partial charge is 0.393 e. The van der Waals surface area contributed by atoms with Gasteiger partial charge in [-0.1, -0.05) is 18.2 Å². The molecule has 1 saturated carbocycles. The van der Waals surface area contributed by atoms with E-state index in [0.717, 1.165) is 23.3 Å². The molecule has 1 aromatic rings. The lowest BCUT2D eigenvalue weighted by molar-refractivity contribution is -0.137. The fourth-order valence-corrected chi connectivity index (χ4v) is 5.79. The Balaban J connectivity index is 1.75. The van der Waals surface area contributed by atoms with Crippen LogP contribution in [0.15, 0.2) is 52.6 Å². The number of nitrogens with one attached hydrogen (secondary N) is 3. The normalized spacial score (nSPS) is 21.1. The second-order valence-electron chi connectivity index (χ2n) is 8.71. The fourth-order valence-electron chi connectivity index (χ4n) is 4.40. The van der Waals surface area contributed by atoms with Crippen molar-refractivity contribution in [3.05, 3.63) is 69.3 Å². The quantitative estimate of drug-likeness (QED) is 0.293. The number of aliphatic hydroxyl groups excluding tert-OH is 1. The average molecular weight is 538 g/mol. The van der Waals surface area contributed by atoms with Gasteiger partial charge >= 0.3 is 12.4 Å². The van der Waals surface area contributed by atoms with Crippen LogP contribution in [0.5, 0.6) is 0 Å². The molecule has 2 aliphatic rings. The predicted molar refractivity (Wildman–Crippen MR) is 121 cm³/mol. The molecule has 4 N–H and O–H groups in total. The van der Waals surface area contributed by atoms with E-state index in [-0.39, 0.29) is 30.7 Å². The summed E-state index contributed by atoms with van der Waals surface area (Å²) in [4.78, 5) is -1.22. The van der Waals surface area contributed by atoms with E-state index in [9.17, 15) is 39.9 Å². The van der Waals surface area contributed by atoms with Gasteiger partial charge in [0, 0.05) is 19.3 Å². The molecule has 0 spiro atoms. The van der Waals surface area contributed by atoms with Crippen molar-refractivity contribution in [3.63, 3.8) is 0 Å². The number of rotatable bonds is 8. The van der Waals surface area contributed by atoms with Gasteiger partial charge in [0.05, 0.1) is 12.2 Å². The Morgan fingerprint density at radius 1 is 1.11 bits per heavy atom. The average Bonchev–Trinajstić information content (AvgIpc) is 3.16. The molecule has 0 bridgehead atoms. The number of benzene rings is 1. The van der Waals surface area contributed by atoms with Gasteiger partial charge in [0.2, 0.25) is 10.0 Å². The third-order valence-corrected chi connectivity index (χ3v) is 7.47. The van der Waals surface area contributed by atoms with Crippen LogP contribution in [-0.2, 0) is 29.2 Å². The van der Waals surface area contributed by atoms with Crippen LogP contribution < -0.4 is 10.0 Å². The minimum atomic E-state index is -5.15. The molecule has 0 amide bonds. The van der Waals surface area contributed by atoms with E-state index in [1.807, 2.05) is 12.2 Å². The molecule has 1 fully saturated rings. The van der Waals surface area contributed by atoms with Crippen molar-refractivity contribution in [2.75, 3.05) is 7.05 Å². The zero-order chi connectivity index (χ0) is 26.9. The molecule has 0 radical (unpaired) electrons. The minimum Gasteiger partial charge on any atom is -0.393 e. The monoisotopic (exact) mass is 537 g/mol. The summed E-state index contributed by atoms with van der Waals surface area (Å²) in [5.74, 6) is -0.174. The molecule has 0 aliphatic heterocycles. The maximum Gasteiger partial charge on any atom is 0.434 e. The molecule has 2 atom stereocenters. The zero-order valence-electron chi connectivity index (χ0n) is 19.1. The van der Waals surface area contributed by atoms with Crippen LogP contribution in [0.4, 0.5) is 26.3 Å². The molecule has 0 heterocycles. The first-order valence-corrected chi connectivity index (χ1v) is 12.4. The topological polar surface area (TPSA) is 102 Å². The first-order valence-electron chi connectivity index (χ1n) is 10.9. The number of fused-ring (bicyclic) bond motifs is 1. The highest BCUT2D eigenvalue weighted by Gasteiger charge is 2.42. The molecule has 1 aromatic carbocycles. The van der Waals surface area contributed by atoms with Gasteiger partial charge < -0.3 is 10.4 Å². The summed E-state index contributed by atoms with van der Waals surface area (Å²) < 4.78 is 106. The third-order valence-electron chi connectivity index (χ3n) is 5.93. The number of hydrogen-bond acceptors (Lipinski definition) is 5. The summed E-state index contributed by atoms with van der Waals surface area (Å²) in [6, 6.07) is 2.70. The number of alkyl halides is 6. The standard InChI is InChI=1S/C23H25F6N3O3S/c1-31-11-20(21(30)23(27,28)29)36(34,35)32-19-9-16-3-2-13(6-17(16)10-19)4-14-5-15(12-33)8-18(7-14)22(24,25)26/h3,5-8,11,13,19,30-33H,2,4,9-10,12H2,1H3/b20-11+,30-21?/t13?,19-/m0/s1. The van der Waals surface area contributed by atoms with Gasteiger partial charge in [-0.25, -0.2) is 13.1 Å². The van der Waals surface area contributed by atoms with Crippen molar-refractivity contribution in [1.82, 2.24) is 10.0 Å². The highest BCUT2D eigenvalue weighted by Crippen LogP contribution is 2.38. The lowest BCUT2D eigenvalue weighted by atomic mass is 9.87. The summed E-state index contributed by atoms with van der Waals surface area (Å²) in [5, 5.41) is 18.8. The van der Waals surface area contributed by atoms with E-state index in [2.05, 4.69) is 10.0 Å². The van der Waals surface area contributed by atoms with E-state index in [4.69, 9.17) is 5.41 Å². The Labute approximate surface area is 204 Å². The summed E-state index contributed by atoms with van der Waals surface area (Å²) in [7, 11) is -3.45. The van der Waals surface area contributed by atoms with Gasteiger partial charge in [-0.3, -0.25) is 5.41 Å². The van der Waals surface area contributed by atoms with E-state index >= 15 is 0 Å². The first-order chi connectivity index (χ1) is 16.6. The molecule has 2 aliphatic carbocycles. The maximum atomic E-state index is 13.2. The van der Waals surface area contributed by atoms with E-state index in [0.29, 0.717) is 18.2 Å². The van der Waals surface area contributed by atoms with Crippen molar-refractivity contribution in [2.24, 2.45) is 5.92 Å². The molecule has 36 heavy (non-hydrogen) atoms. The zero-order valence-corrected chi connectivity index (χ0v) is 19.9. The lowest BCUT2D eigenvalue weighted by Gasteiger charge is -2.19. The highest BCUT2D eigenvalue weighted by molar-refractivity contribution is 7.94. The van der Waals surface area contributed by atoms with Gasteiger partial charge in [-0.15, -0.1) is 0 Å². The van der Waals surface area contributed by atoms with Crippen LogP contribution in [0.3, 0.4) is 0 Å². The van der Waals surface area contributed by atoms with Crippen LogP contribution in [0.1, 0.15) is 36.0 Å². The van der Waals surface area contributed by atoms with Crippen LogP contribution >= 0.6 is 0 Å². The van der Waals surface area contributed by atoms with Crippen molar-refractivity contribution in [3.8, 4) is 0 Å². The molecule has 3 rings (SSSR count). The molecule has 13 heteroatoms. The SMILES string of the molecule is CN/C=C(\C(=N)C(F)(F)F)S(=O)(=O)N[C@H]1CC2=CCC(Cc3cc(CO)cc(C(F)(F)F)c3)C=C2C1. The largest absolute Gasteiger partial charge is 0.434 e. The second-order valence-corrected chi connectivity index (χ2v) is 10.4. The van der Waals surface area contributed by atoms with Gasteiger partial charge in [-0.05, 0) is 66.0 Å². The maximum absolute atomic E-state index is 13.2. The number of halogens is 6. The Morgan fingerprint density at radius 3 is 2.33 bits per heavy atom. The van der Waals surface area contributed by atoms with Crippen LogP contribution in [0.2, 0.25) is 0 Å². The van der Waals surface area contributed by atoms with Gasteiger partial charge in [-0.2, -0.15) is 26.3 Å². The fraction of sp³-hybridized carbons (Fsp3) is 0.435. The van der Waals surface area contributed by atoms with Crippen molar-refractivity contribution < 1.29 is 39.9 Å². The lowest BCUT2D eigenvalue weighted by Crippen LogP contribution is -2.39. The summed E-state index contributed by atoms with van der Waals surface area (Å²) in [6.45, 7) is -0.537. The van der Waals surface area contributed by atoms with Gasteiger partial charge in [0.25, 0.3) is 0 Å². The Kier molecular flexibility index (Phi) is 8.06. The van der Waals surface area contributed by atoms with Crippen LogP contribution in [0.25, 0.3) is 0 Å². The number of sulfonamides is 1. The van der Waals surface area contributed by atoms with E-state index in [1.54, 1.807) is 0 Å². The third kappa shape index (κ3) is 6.56. The number of aliphatic hydroxyl groups is 1. The molecule has 0 aromatic heterocycles. The van der Waals surface area contributed by atoms with Gasteiger partial charge in [0.15, 0.2) is 5.71 Å². The molecule has 1 unspecified atom stereocenters. The molecule has 198 valence electrons. The van der Waals surface area contributed by atoms with Crippen molar-refractivity contribution in [1.29, 1.82) is 5.41 Å². The van der Waals surface area contributed by atoms with E-state index in [1.165, 1.54) is 13.1 Å². The predicted octanol–water partition coefficient (Wildman–Crippen LogP) is 4.34. The number of allylic oxidation sites excluding steroid dienone is 3.